The zero-order valence-electron chi connectivity index (χ0n) is 25.1. The predicted octanol–water partition coefficient (Wildman–Crippen LogP) is 9.05. The smallest absolute Gasteiger partial charge is 0.206 e. The average molecular weight is 542 g/mol. The Morgan fingerprint density at radius 2 is 1.64 bits per heavy atom. The summed E-state index contributed by atoms with van der Waals surface area (Å²) in [5, 5.41) is 1.79. The fourth-order valence-corrected chi connectivity index (χ4v) is 10.6. The third kappa shape index (κ3) is 4.59. The number of nitrogens with zero attached hydrogens (tertiary/aromatic N) is 2. The molecule has 0 amide bonds. The topological polar surface area (TPSA) is 8.29 Å². The van der Waals surface area contributed by atoms with Crippen LogP contribution in [0.2, 0.25) is 17.6 Å². The zero-order chi connectivity index (χ0) is 28.0. The molecule has 3 heterocycles. The summed E-state index contributed by atoms with van der Waals surface area (Å²) in [7, 11) is -1.76. The summed E-state index contributed by atoms with van der Waals surface area (Å²) in [6.07, 6.45) is 8.06. The highest BCUT2D eigenvalue weighted by Gasteiger charge is 2.46. The average Bonchev–Trinajstić information content (AvgIpc) is 3.29. The number of benzene rings is 2. The molecule has 2 aromatic carbocycles. The van der Waals surface area contributed by atoms with E-state index in [0.717, 1.165) is 47.3 Å². The van der Waals surface area contributed by atoms with Crippen LogP contribution in [0.4, 0.5) is 4.39 Å². The van der Waals surface area contributed by atoms with Crippen molar-refractivity contribution in [2.45, 2.75) is 103 Å². The highest BCUT2D eigenvalue weighted by molar-refractivity contribution is 6.93. The van der Waals surface area contributed by atoms with Crippen molar-refractivity contribution in [3.05, 3.63) is 78.2 Å². The maximum atomic E-state index is 16.2. The van der Waals surface area contributed by atoms with Gasteiger partial charge < -0.3 is 0 Å². The van der Waals surface area contributed by atoms with E-state index in [9.17, 15) is 0 Å². The van der Waals surface area contributed by atoms with Crippen LogP contribution in [-0.4, -0.2) is 12.6 Å². The fourth-order valence-electron chi connectivity index (χ4n) is 6.86. The van der Waals surface area contributed by atoms with Crippen LogP contribution >= 0.6 is 0 Å². The molecular weight excluding hydrogens is 495 g/mol. The van der Waals surface area contributed by atoms with Gasteiger partial charge in [-0.25, -0.2) is 4.39 Å². The highest BCUT2D eigenvalue weighted by atomic mass is 28.3. The van der Waals surface area contributed by atoms with Crippen molar-refractivity contribution in [2.75, 3.05) is 0 Å². The highest BCUT2D eigenvalue weighted by Crippen LogP contribution is 2.45. The number of pyridine rings is 1. The van der Waals surface area contributed by atoms with Crippen molar-refractivity contribution in [2.24, 2.45) is 0 Å². The van der Waals surface area contributed by atoms with Gasteiger partial charge in [0, 0.05) is 6.07 Å². The third-order valence-electron chi connectivity index (χ3n) is 10.2. The zero-order valence-corrected chi connectivity index (χ0v) is 26.1. The SMILES string of the molecule is CCCCC[Si](C)(c1ccn2c(c1)cc1[n+]2CC(CC)(CC)c2cc(-c3ccccc3)cc(F)c2-1)C(C)(C)C. The van der Waals surface area contributed by atoms with Crippen LogP contribution in [0.5, 0.6) is 0 Å². The largest absolute Gasteiger partial charge is 0.242 e. The van der Waals surface area contributed by atoms with Gasteiger partial charge in [0.25, 0.3) is 0 Å². The molecule has 1 aliphatic rings. The van der Waals surface area contributed by atoms with E-state index >= 15 is 4.39 Å². The first-order valence-electron chi connectivity index (χ1n) is 15.0. The first-order chi connectivity index (χ1) is 18.6. The summed E-state index contributed by atoms with van der Waals surface area (Å²) >= 11 is 0. The molecule has 4 aromatic rings. The quantitative estimate of drug-likeness (QED) is 0.119. The van der Waals surface area contributed by atoms with Gasteiger partial charge in [-0.1, -0.05) is 109 Å². The standard InChI is InChI=1S/C35H46FN2Si/c1-8-11-15-20-39(7,34(4,5)6)29-18-19-37-28(23-29)24-32-33-30(35(9-2,10-3)25-38(32)37)21-27(22-31(33)36)26-16-13-12-14-17-26/h12-14,16-19,21-24H,8-11,15,20,25H2,1-7H3/q+1. The van der Waals surface area contributed by atoms with E-state index in [1.807, 2.05) is 18.2 Å². The molecule has 4 heteroatoms. The minimum Gasteiger partial charge on any atom is -0.206 e. The van der Waals surface area contributed by atoms with E-state index in [4.69, 9.17) is 0 Å². The normalized spacial score (nSPS) is 16.1. The van der Waals surface area contributed by atoms with Crippen LogP contribution in [0.1, 0.15) is 79.2 Å². The molecule has 206 valence electrons. The Bertz CT molecular complexity index is 1480. The predicted molar refractivity (Wildman–Crippen MR) is 166 cm³/mol. The molecule has 0 radical (unpaired) electrons. The van der Waals surface area contributed by atoms with Gasteiger partial charge >= 0.3 is 0 Å². The Morgan fingerprint density at radius 1 is 0.923 bits per heavy atom. The maximum Gasteiger partial charge on any atom is 0.242 e. The second-order valence-electron chi connectivity index (χ2n) is 13.0. The van der Waals surface area contributed by atoms with E-state index in [-0.39, 0.29) is 16.3 Å². The van der Waals surface area contributed by atoms with Crippen LogP contribution < -0.4 is 9.87 Å². The van der Waals surface area contributed by atoms with Gasteiger partial charge in [-0.05, 0) is 58.8 Å². The molecule has 0 aliphatic carbocycles. The number of unbranched alkanes of at least 4 members (excludes halogenated alkanes) is 2. The number of rotatable bonds is 8. The summed E-state index contributed by atoms with van der Waals surface area (Å²) < 4.78 is 20.9. The summed E-state index contributed by atoms with van der Waals surface area (Å²) in [6.45, 7) is 17.5. The maximum absolute atomic E-state index is 16.2. The van der Waals surface area contributed by atoms with Gasteiger partial charge in [0.15, 0.2) is 6.54 Å². The summed E-state index contributed by atoms with van der Waals surface area (Å²) in [5.74, 6) is -0.115. The number of hydrogen-bond donors (Lipinski definition) is 0. The van der Waals surface area contributed by atoms with Gasteiger partial charge in [0.1, 0.15) is 11.3 Å². The Hall–Kier alpha value is -2.72. The molecule has 1 atom stereocenters. The lowest BCUT2D eigenvalue weighted by atomic mass is 9.70. The molecule has 0 fully saturated rings. The molecule has 39 heavy (non-hydrogen) atoms. The van der Waals surface area contributed by atoms with E-state index < -0.39 is 8.07 Å². The molecule has 2 nitrogen and oxygen atoms in total. The molecule has 1 aliphatic heterocycles. The monoisotopic (exact) mass is 541 g/mol. The lowest BCUT2D eigenvalue weighted by molar-refractivity contribution is -0.759. The van der Waals surface area contributed by atoms with Crippen LogP contribution in [0.25, 0.3) is 27.9 Å². The van der Waals surface area contributed by atoms with Gasteiger partial charge in [0.05, 0.1) is 25.2 Å². The van der Waals surface area contributed by atoms with Crippen molar-refractivity contribution in [3.63, 3.8) is 0 Å². The van der Waals surface area contributed by atoms with E-state index in [1.165, 1.54) is 36.0 Å². The summed E-state index contributed by atoms with van der Waals surface area (Å²) in [5.41, 5.74) is 6.06. The number of hydrogen-bond acceptors (Lipinski definition) is 0. The van der Waals surface area contributed by atoms with Gasteiger partial charge in [-0.2, -0.15) is 0 Å². The van der Waals surface area contributed by atoms with Crippen LogP contribution in [-0.2, 0) is 12.0 Å². The number of aromatic nitrogens is 2. The molecule has 5 rings (SSSR count). The molecule has 0 saturated carbocycles. The van der Waals surface area contributed by atoms with Crippen molar-refractivity contribution in [3.8, 4) is 22.4 Å². The Morgan fingerprint density at radius 3 is 2.28 bits per heavy atom. The van der Waals surface area contributed by atoms with Gasteiger partial charge in [-0.3, -0.25) is 0 Å². The molecule has 0 saturated heterocycles. The molecule has 0 N–H and O–H groups in total. The van der Waals surface area contributed by atoms with Crippen molar-refractivity contribution in [1.29, 1.82) is 0 Å². The van der Waals surface area contributed by atoms with Crippen LogP contribution in [0.15, 0.2) is 66.9 Å². The van der Waals surface area contributed by atoms with Crippen molar-refractivity contribution < 1.29 is 9.07 Å². The van der Waals surface area contributed by atoms with E-state index in [0.29, 0.717) is 0 Å². The molecule has 1 unspecified atom stereocenters. The first kappa shape index (κ1) is 27.8. The lowest BCUT2D eigenvalue weighted by Gasteiger charge is -2.41. The lowest BCUT2D eigenvalue weighted by Crippen LogP contribution is -2.54. The minimum atomic E-state index is -1.76. The Balaban J connectivity index is 1.69. The van der Waals surface area contributed by atoms with E-state index in [1.54, 1.807) is 6.07 Å². The van der Waals surface area contributed by atoms with Gasteiger partial charge in [-0.15, -0.1) is 9.20 Å². The molecule has 2 aromatic heterocycles. The minimum absolute atomic E-state index is 0.111. The molecule has 0 bridgehead atoms. The first-order valence-corrected chi connectivity index (χ1v) is 17.7. The van der Waals surface area contributed by atoms with Crippen LogP contribution in [0, 0.1) is 5.82 Å². The van der Waals surface area contributed by atoms with Crippen molar-refractivity contribution >= 4 is 18.8 Å². The Kier molecular flexibility index (Phi) is 7.39. The molecule has 0 spiro atoms. The van der Waals surface area contributed by atoms with E-state index in [2.05, 4.69) is 99.9 Å². The van der Waals surface area contributed by atoms with Crippen molar-refractivity contribution in [1.82, 2.24) is 4.52 Å². The summed E-state index contributed by atoms with van der Waals surface area (Å²) in [6, 6.07) is 22.6. The van der Waals surface area contributed by atoms with Gasteiger partial charge in [0.2, 0.25) is 5.69 Å². The summed E-state index contributed by atoms with van der Waals surface area (Å²) in [4.78, 5) is 0. The number of halogens is 1. The fraction of sp³-hybridized carbons (Fsp3) is 0.457. The third-order valence-corrected chi connectivity index (χ3v) is 16.4. The van der Waals surface area contributed by atoms with Crippen LogP contribution in [0.3, 0.4) is 0 Å². The second-order valence-corrected chi connectivity index (χ2v) is 18.3. The molecular formula is C35H46FN2Si+. The Labute approximate surface area is 235 Å². The number of fused-ring (bicyclic) bond motifs is 5. The second kappa shape index (κ2) is 10.4.